The predicted octanol–water partition coefficient (Wildman–Crippen LogP) is 0.486. The molecule has 2 saturated heterocycles. The minimum absolute atomic E-state index is 0.344. The number of carbonyl (C=O) groups excluding carboxylic acids is 2. The second-order valence-electron chi connectivity index (χ2n) is 5.85. The highest BCUT2D eigenvalue weighted by Gasteiger charge is 2.52. The molecule has 1 amide bonds. The molecular formula is C16H18NO5-. The monoisotopic (exact) mass is 304 g/mol. The Morgan fingerprint density at radius 3 is 2.59 bits per heavy atom. The van der Waals surface area contributed by atoms with E-state index in [4.69, 9.17) is 9.47 Å². The van der Waals surface area contributed by atoms with Gasteiger partial charge in [-0.25, -0.2) is 0 Å². The van der Waals surface area contributed by atoms with Crippen LogP contribution in [0.1, 0.15) is 18.4 Å². The lowest BCUT2D eigenvalue weighted by Crippen LogP contribution is -2.46. The SMILES string of the molecule is COc1ccc(C)cc1NC(=O)[C@@H]1[C@@H](C(=O)[O-])[C@H]2CC[C@@H]1O2. The summed E-state index contributed by atoms with van der Waals surface area (Å²) in [6.45, 7) is 1.90. The number of carboxylic acid groups (broad SMARTS) is 1. The molecule has 0 unspecified atom stereocenters. The molecule has 3 rings (SSSR count). The smallest absolute Gasteiger partial charge is 0.230 e. The number of rotatable bonds is 4. The van der Waals surface area contributed by atoms with Gasteiger partial charge in [0.2, 0.25) is 5.91 Å². The van der Waals surface area contributed by atoms with E-state index in [0.717, 1.165) is 5.56 Å². The number of amides is 1. The van der Waals surface area contributed by atoms with Gasteiger partial charge in [-0.3, -0.25) is 4.79 Å². The van der Waals surface area contributed by atoms with E-state index in [-0.39, 0.29) is 12.0 Å². The summed E-state index contributed by atoms with van der Waals surface area (Å²) in [5.74, 6) is -2.63. The summed E-state index contributed by atoms with van der Waals surface area (Å²) in [7, 11) is 1.52. The molecule has 22 heavy (non-hydrogen) atoms. The molecule has 2 aliphatic heterocycles. The number of ether oxygens (including phenoxy) is 2. The van der Waals surface area contributed by atoms with Crippen LogP contribution in [0.5, 0.6) is 5.75 Å². The molecule has 0 spiro atoms. The van der Waals surface area contributed by atoms with E-state index in [0.29, 0.717) is 24.3 Å². The number of carboxylic acids is 1. The Balaban J connectivity index is 1.82. The van der Waals surface area contributed by atoms with Gasteiger partial charge < -0.3 is 24.7 Å². The number of fused-ring (bicyclic) bond motifs is 2. The van der Waals surface area contributed by atoms with Crippen LogP contribution in [-0.4, -0.2) is 31.2 Å². The zero-order valence-corrected chi connectivity index (χ0v) is 12.5. The fourth-order valence-electron chi connectivity index (χ4n) is 3.45. The topological polar surface area (TPSA) is 87.7 Å². The first kappa shape index (κ1) is 14.8. The number of aryl methyl sites for hydroxylation is 1. The van der Waals surface area contributed by atoms with E-state index in [1.54, 1.807) is 12.1 Å². The number of methoxy groups -OCH3 is 1. The lowest BCUT2D eigenvalue weighted by atomic mass is 9.78. The molecule has 1 N–H and O–H groups in total. The molecule has 6 nitrogen and oxygen atoms in total. The minimum Gasteiger partial charge on any atom is -0.550 e. The molecule has 2 fully saturated rings. The van der Waals surface area contributed by atoms with Gasteiger partial charge in [-0.05, 0) is 37.5 Å². The van der Waals surface area contributed by atoms with Crippen molar-refractivity contribution in [3.8, 4) is 5.75 Å². The third-order valence-electron chi connectivity index (χ3n) is 4.46. The van der Waals surface area contributed by atoms with E-state index >= 15 is 0 Å². The molecule has 0 saturated carbocycles. The molecule has 2 bridgehead atoms. The molecule has 2 aliphatic rings. The van der Waals surface area contributed by atoms with Crippen LogP contribution in [0.15, 0.2) is 18.2 Å². The fourth-order valence-corrected chi connectivity index (χ4v) is 3.45. The second kappa shape index (κ2) is 5.61. The molecular weight excluding hydrogens is 286 g/mol. The highest BCUT2D eigenvalue weighted by molar-refractivity contribution is 5.97. The molecule has 0 aliphatic carbocycles. The van der Waals surface area contributed by atoms with Gasteiger partial charge in [-0.1, -0.05) is 6.07 Å². The number of anilines is 1. The van der Waals surface area contributed by atoms with Crippen molar-refractivity contribution in [1.29, 1.82) is 0 Å². The van der Waals surface area contributed by atoms with Crippen molar-refractivity contribution >= 4 is 17.6 Å². The van der Waals surface area contributed by atoms with E-state index < -0.39 is 23.9 Å². The van der Waals surface area contributed by atoms with Gasteiger partial charge in [0.25, 0.3) is 0 Å². The van der Waals surface area contributed by atoms with Crippen LogP contribution in [0.3, 0.4) is 0 Å². The van der Waals surface area contributed by atoms with Crippen LogP contribution in [0.25, 0.3) is 0 Å². The van der Waals surface area contributed by atoms with Crippen molar-refractivity contribution in [2.45, 2.75) is 32.0 Å². The van der Waals surface area contributed by atoms with Gasteiger partial charge in [0.05, 0.1) is 30.9 Å². The maximum absolute atomic E-state index is 12.6. The number of benzene rings is 1. The summed E-state index contributed by atoms with van der Waals surface area (Å²) in [4.78, 5) is 23.9. The molecule has 6 heteroatoms. The Bertz CT molecular complexity index is 615. The Kier molecular flexibility index (Phi) is 3.78. The van der Waals surface area contributed by atoms with Crippen LogP contribution < -0.4 is 15.2 Å². The average Bonchev–Trinajstić information content (AvgIpc) is 3.08. The number of hydrogen-bond acceptors (Lipinski definition) is 5. The minimum atomic E-state index is -1.22. The maximum atomic E-state index is 12.6. The number of hydrogen-bond donors (Lipinski definition) is 1. The zero-order chi connectivity index (χ0) is 15.9. The lowest BCUT2D eigenvalue weighted by Gasteiger charge is -2.27. The van der Waals surface area contributed by atoms with Crippen LogP contribution in [0, 0.1) is 18.8 Å². The lowest BCUT2D eigenvalue weighted by molar-refractivity contribution is -0.313. The van der Waals surface area contributed by atoms with Crippen molar-refractivity contribution in [3.05, 3.63) is 23.8 Å². The van der Waals surface area contributed by atoms with Crippen molar-refractivity contribution in [2.24, 2.45) is 11.8 Å². The van der Waals surface area contributed by atoms with E-state index in [1.807, 2.05) is 13.0 Å². The number of nitrogens with one attached hydrogen (secondary N) is 1. The molecule has 0 radical (unpaired) electrons. The van der Waals surface area contributed by atoms with Gasteiger partial charge in [0.1, 0.15) is 5.75 Å². The summed E-state index contributed by atoms with van der Waals surface area (Å²) in [5.41, 5.74) is 1.50. The van der Waals surface area contributed by atoms with Gasteiger partial charge in [0, 0.05) is 11.9 Å². The zero-order valence-electron chi connectivity index (χ0n) is 12.5. The number of aliphatic carboxylic acids is 1. The largest absolute Gasteiger partial charge is 0.550 e. The Hall–Kier alpha value is -2.08. The molecule has 4 atom stereocenters. The van der Waals surface area contributed by atoms with Crippen molar-refractivity contribution in [2.75, 3.05) is 12.4 Å². The summed E-state index contributed by atoms with van der Waals surface area (Å²) in [5, 5.41) is 14.1. The van der Waals surface area contributed by atoms with Gasteiger partial charge >= 0.3 is 0 Å². The Morgan fingerprint density at radius 2 is 1.95 bits per heavy atom. The second-order valence-corrected chi connectivity index (χ2v) is 5.85. The standard InChI is InChI=1S/C16H19NO5/c1-8-3-4-10(21-2)9(7-8)17-15(18)13-11-5-6-12(22-11)14(13)16(19)20/h3-4,7,11-14H,5-6H2,1-2H3,(H,17,18)(H,19,20)/p-1/t11-,12+,13-,14-/m0/s1. The van der Waals surface area contributed by atoms with Crippen LogP contribution >= 0.6 is 0 Å². The third-order valence-corrected chi connectivity index (χ3v) is 4.46. The third kappa shape index (κ3) is 2.43. The van der Waals surface area contributed by atoms with Crippen molar-refractivity contribution in [1.82, 2.24) is 0 Å². The molecule has 1 aromatic carbocycles. The van der Waals surface area contributed by atoms with E-state index in [1.165, 1.54) is 7.11 Å². The van der Waals surface area contributed by atoms with Crippen molar-refractivity contribution in [3.63, 3.8) is 0 Å². The van der Waals surface area contributed by atoms with E-state index in [9.17, 15) is 14.7 Å². The first-order valence-electron chi connectivity index (χ1n) is 7.33. The van der Waals surface area contributed by atoms with Crippen molar-refractivity contribution < 1.29 is 24.2 Å². The van der Waals surface area contributed by atoms with Gasteiger partial charge in [0.15, 0.2) is 0 Å². The summed E-state index contributed by atoms with van der Waals surface area (Å²) >= 11 is 0. The Morgan fingerprint density at radius 1 is 1.27 bits per heavy atom. The van der Waals surface area contributed by atoms with Gasteiger partial charge in [-0.15, -0.1) is 0 Å². The molecule has 1 aromatic rings. The first-order valence-corrected chi connectivity index (χ1v) is 7.33. The molecule has 2 heterocycles. The fraction of sp³-hybridized carbons (Fsp3) is 0.500. The van der Waals surface area contributed by atoms with Gasteiger partial charge in [-0.2, -0.15) is 0 Å². The average molecular weight is 304 g/mol. The van der Waals surface area contributed by atoms with Crippen LogP contribution in [0.4, 0.5) is 5.69 Å². The maximum Gasteiger partial charge on any atom is 0.230 e. The number of carbonyl (C=O) groups is 2. The highest BCUT2D eigenvalue weighted by Crippen LogP contribution is 2.44. The highest BCUT2D eigenvalue weighted by atomic mass is 16.5. The molecule has 0 aromatic heterocycles. The summed E-state index contributed by atoms with van der Waals surface area (Å²) in [6.07, 6.45) is 0.618. The summed E-state index contributed by atoms with van der Waals surface area (Å²) in [6, 6.07) is 5.43. The summed E-state index contributed by atoms with van der Waals surface area (Å²) < 4.78 is 10.8. The quantitative estimate of drug-likeness (QED) is 0.874. The van der Waals surface area contributed by atoms with Crippen LogP contribution in [-0.2, 0) is 14.3 Å². The first-order chi connectivity index (χ1) is 10.5. The Labute approximate surface area is 128 Å². The molecule has 118 valence electrons. The normalized spacial score (nSPS) is 29.4. The van der Waals surface area contributed by atoms with Crippen LogP contribution in [0.2, 0.25) is 0 Å². The van der Waals surface area contributed by atoms with E-state index in [2.05, 4.69) is 5.32 Å². The predicted molar refractivity (Wildman–Crippen MR) is 76.2 cm³/mol.